The van der Waals surface area contributed by atoms with Crippen LogP contribution in [-0.2, 0) is 11.8 Å². The maximum absolute atomic E-state index is 10.6. The van der Waals surface area contributed by atoms with Crippen molar-refractivity contribution in [2.75, 3.05) is 20.6 Å². The third-order valence-electron chi connectivity index (χ3n) is 5.94. The van der Waals surface area contributed by atoms with Gasteiger partial charge in [0.1, 0.15) is 6.10 Å². The smallest absolute Gasteiger partial charge is 0.166 e. The van der Waals surface area contributed by atoms with Crippen LogP contribution in [0.2, 0.25) is 0 Å². The average Bonchev–Trinajstić information content (AvgIpc) is 2.89. The predicted octanol–water partition coefficient (Wildman–Crippen LogP) is 1.65. The molecular formula is C18H21NO3. The van der Waals surface area contributed by atoms with Crippen LogP contribution in [-0.4, -0.2) is 48.9 Å². The Hall–Kier alpha value is -1.52. The van der Waals surface area contributed by atoms with Crippen LogP contribution < -0.4 is 9.47 Å². The van der Waals surface area contributed by atoms with Crippen LogP contribution in [0.4, 0.5) is 0 Å². The summed E-state index contributed by atoms with van der Waals surface area (Å²) in [4.78, 5) is 1.64. The maximum atomic E-state index is 10.6. The first kappa shape index (κ1) is 10.3. The zero-order chi connectivity index (χ0) is 17.6. The molecule has 0 radical (unpaired) electrons. The van der Waals surface area contributed by atoms with Crippen LogP contribution in [0.25, 0.3) is 0 Å². The number of likely N-dealkylation sites (tertiary alicyclic amines) is 1. The Bertz CT molecular complexity index is 791. The minimum Gasteiger partial charge on any atom is -0.493 e. The highest BCUT2D eigenvalue weighted by atomic mass is 16.5. The molecule has 0 unspecified atom stereocenters. The van der Waals surface area contributed by atoms with Crippen LogP contribution in [0.15, 0.2) is 23.8 Å². The molecule has 4 nitrogen and oxygen atoms in total. The molecule has 2 aliphatic heterocycles. The number of methoxy groups -OCH3 is 1. The van der Waals surface area contributed by atoms with E-state index in [0.717, 1.165) is 22.4 Å². The molecule has 5 rings (SSSR count). The van der Waals surface area contributed by atoms with E-state index in [2.05, 4.69) is 6.08 Å². The molecule has 1 fully saturated rings. The van der Waals surface area contributed by atoms with Gasteiger partial charge in [0.15, 0.2) is 11.5 Å². The van der Waals surface area contributed by atoms with E-state index < -0.39 is 18.5 Å². The van der Waals surface area contributed by atoms with E-state index >= 15 is 0 Å². The van der Waals surface area contributed by atoms with E-state index in [0.29, 0.717) is 31.6 Å². The number of aliphatic hydroxyl groups excluding tert-OH is 1. The highest BCUT2D eigenvalue weighted by Crippen LogP contribution is 2.62. The minimum absolute atomic E-state index is 0.160. The van der Waals surface area contributed by atoms with Crippen molar-refractivity contribution in [2.45, 2.75) is 42.9 Å². The molecule has 1 aromatic rings. The Morgan fingerprint density at radius 2 is 2.41 bits per heavy atom. The summed E-state index contributed by atoms with van der Waals surface area (Å²) >= 11 is 0. The average molecular weight is 302 g/mol. The van der Waals surface area contributed by atoms with Crippen molar-refractivity contribution in [3.63, 3.8) is 0 Å². The van der Waals surface area contributed by atoms with Gasteiger partial charge in [-0.15, -0.1) is 0 Å². The monoisotopic (exact) mass is 302 g/mol. The third-order valence-corrected chi connectivity index (χ3v) is 5.94. The number of likely N-dealkylation sites (N-methyl/N-ethyl adjacent to an activating group) is 1. The van der Waals surface area contributed by atoms with Crippen LogP contribution in [0.1, 0.15) is 28.1 Å². The van der Waals surface area contributed by atoms with E-state index in [1.54, 1.807) is 12.0 Å². The fourth-order valence-corrected chi connectivity index (χ4v) is 5.07. The van der Waals surface area contributed by atoms with E-state index in [9.17, 15) is 5.11 Å². The Labute approximate surface area is 134 Å². The number of ether oxygens (including phenoxy) is 2. The van der Waals surface area contributed by atoms with Crippen molar-refractivity contribution >= 4 is 0 Å². The van der Waals surface area contributed by atoms with Crippen LogP contribution >= 0.6 is 0 Å². The molecule has 0 saturated carbocycles. The normalized spacial score (nSPS) is 40.7. The van der Waals surface area contributed by atoms with Gasteiger partial charge in [-0.1, -0.05) is 12.1 Å². The number of hydrogen-bond donors (Lipinski definition) is 1. The maximum Gasteiger partial charge on any atom is 0.166 e. The summed E-state index contributed by atoms with van der Waals surface area (Å²) in [7, 11) is 1.62. The molecule has 1 N–H and O–H groups in total. The van der Waals surface area contributed by atoms with Gasteiger partial charge in [-0.3, -0.25) is 4.90 Å². The molecule has 1 spiro atoms. The van der Waals surface area contributed by atoms with Gasteiger partial charge in [0, 0.05) is 15.7 Å². The summed E-state index contributed by atoms with van der Waals surface area (Å²) in [5, 5.41) is 10.6. The zero-order valence-corrected chi connectivity index (χ0v) is 12.5. The molecule has 116 valence electrons. The second kappa shape index (κ2) is 4.06. The number of benzene rings is 1. The molecule has 0 amide bonds. The van der Waals surface area contributed by atoms with Crippen molar-refractivity contribution < 1.29 is 18.7 Å². The van der Waals surface area contributed by atoms with Gasteiger partial charge in [0.2, 0.25) is 0 Å². The van der Waals surface area contributed by atoms with Gasteiger partial charge in [0.05, 0.1) is 18.6 Å². The van der Waals surface area contributed by atoms with Crippen LogP contribution in [0.5, 0.6) is 11.5 Å². The lowest BCUT2D eigenvalue weighted by Gasteiger charge is -2.54. The largest absolute Gasteiger partial charge is 0.493 e. The third kappa shape index (κ3) is 1.28. The molecule has 2 aliphatic carbocycles. The van der Waals surface area contributed by atoms with Crippen molar-refractivity contribution in [1.82, 2.24) is 4.90 Å². The lowest BCUT2D eigenvalue weighted by molar-refractivity contribution is -0.0124. The SMILES string of the molecule is [2H]C([2H])([2H])N1CC[C@@]23C4=CC[C@H](O)[C@@H]2Oc2c(OC)ccc(c23)C[C@H]41. The summed E-state index contributed by atoms with van der Waals surface area (Å²) in [6.07, 6.45) is 2.90. The Balaban J connectivity index is 1.77. The Morgan fingerprint density at radius 1 is 1.50 bits per heavy atom. The van der Waals surface area contributed by atoms with E-state index in [-0.39, 0.29) is 12.1 Å². The summed E-state index contributed by atoms with van der Waals surface area (Å²) < 4.78 is 35.6. The fraction of sp³-hybridized carbons (Fsp3) is 0.556. The molecule has 0 aromatic heterocycles. The standard InChI is InChI=1S/C18H21NO3/c1-19-8-7-18-11-4-5-13(20)17(18)22-16-14(21-2)6-3-10(15(16)18)9-12(11)19/h3-4,6,12-13,17,20H,5,7-9H2,1-2H3/t12-,13+,17+,18+/m1/s1/i1D3. The minimum atomic E-state index is -2.12. The fourth-order valence-electron chi connectivity index (χ4n) is 5.07. The molecule has 1 aromatic carbocycles. The van der Waals surface area contributed by atoms with Gasteiger partial charge >= 0.3 is 0 Å². The summed E-state index contributed by atoms with van der Waals surface area (Å²) in [5.41, 5.74) is 2.93. The summed E-state index contributed by atoms with van der Waals surface area (Å²) in [5.74, 6) is 1.42. The van der Waals surface area contributed by atoms with Crippen molar-refractivity contribution in [1.29, 1.82) is 0 Å². The molecule has 4 heteroatoms. The molecule has 4 atom stereocenters. The number of hydrogen-bond acceptors (Lipinski definition) is 4. The van der Waals surface area contributed by atoms with Crippen LogP contribution in [0.3, 0.4) is 0 Å². The Kier molecular flexibility index (Phi) is 1.90. The first-order valence-corrected chi connectivity index (χ1v) is 7.90. The van der Waals surface area contributed by atoms with Gasteiger partial charge in [-0.05, 0) is 50.0 Å². The number of nitrogens with zero attached hydrogens (tertiary/aromatic N) is 1. The molecule has 4 aliphatic rings. The van der Waals surface area contributed by atoms with Gasteiger partial charge in [-0.2, -0.15) is 0 Å². The second-order valence-corrected chi connectivity index (χ2v) is 6.77. The topological polar surface area (TPSA) is 41.9 Å². The lowest BCUT2D eigenvalue weighted by Crippen LogP contribution is -2.61. The second-order valence-electron chi connectivity index (χ2n) is 6.77. The number of rotatable bonds is 1. The van der Waals surface area contributed by atoms with E-state index in [1.807, 2.05) is 12.1 Å². The van der Waals surface area contributed by atoms with Crippen LogP contribution in [0, 0.1) is 0 Å². The lowest BCUT2D eigenvalue weighted by atomic mass is 9.56. The van der Waals surface area contributed by atoms with E-state index in [1.165, 1.54) is 0 Å². The summed E-state index contributed by atoms with van der Waals surface area (Å²) in [6, 6.07) is 3.75. The number of piperidine rings is 1. The molecule has 1 saturated heterocycles. The molecule has 2 heterocycles. The van der Waals surface area contributed by atoms with Crippen molar-refractivity contribution in [3.8, 4) is 11.5 Å². The van der Waals surface area contributed by atoms with E-state index in [4.69, 9.17) is 13.6 Å². The Morgan fingerprint density at radius 3 is 3.23 bits per heavy atom. The highest BCUT2D eigenvalue weighted by molar-refractivity contribution is 5.65. The number of aliphatic hydroxyl groups is 1. The van der Waals surface area contributed by atoms with Crippen molar-refractivity contribution in [2.24, 2.45) is 0 Å². The van der Waals surface area contributed by atoms with Gasteiger partial charge < -0.3 is 14.6 Å². The summed E-state index contributed by atoms with van der Waals surface area (Å²) in [6.45, 7) is -1.65. The molecule has 2 bridgehead atoms. The first-order valence-electron chi connectivity index (χ1n) is 9.40. The molecule has 22 heavy (non-hydrogen) atoms. The van der Waals surface area contributed by atoms with Gasteiger partial charge in [0.25, 0.3) is 0 Å². The molecular weight excluding hydrogens is 278 g/mol. The quantitative estimate of drug-likeness (QED) is 0.801. The van der Waals surface area contributed by atoms with Crippen molar-refractivity contribution in [3.05, 3.63) is 34.9 Å². The highest BCUT2D eigenvalue weighted by Gasteiger charge is 2.62. The predicted molar refractivity (Wildman–Crippen MR) is 82.5 cm³/mol. The first-order chi connectivity index (χ1) is 11.9. The van der Waals surface area contributed by atoms with Gasteiger partial charge in [-0.25, -0.2) is 0 Å². The zero-order valence-electron chi connectivity index (χ0n) is 15.5.